The smallest absolute Gasteiger partial charge is 0.210 e. The summed E-state index contributed by atoms with van der Waals surface area (Å²) in [6.07, 6.45) is 4.43. The minimum atomic E-state index is -3.32. The molecule has 19 heavy (non-hydrogen) atoms. The van der Waals surface area contributed by atoms with E-state index in [9.17, 15) is 8.42 Å². The van der Waals surface area contributed by atoms with Crippen molar-refractivity contribution in [1.29, 1.82) is 0 Å². The maximum atomic E-state index is 12.2. The van der Waals surface area contributed by atoms with Crippen molar-refractivity contribution in [2.24, 2.45) is 11.8 Å². The van der Waals surface area contributed by atoms with E-state index in [-0.39, 0.29) is 0 Å². The Balaban J connectivity index is 1.97. The summed E-state index contributed by atoms with van der Waals surface area (Å²) in [6, 6.07) is 3.61. The fourth-order valence-corrected chi connectivity index (χ4v) is 5.85. The van der Waals surface area contributed by atoms with Crippen LogP contribution in [0.2, 0.25) is 0 Å². The molecule has 1 aromatic rings. The molecule has 0 aliphatic heterocycles. The molecular formula is C13H20BrNO2S2. The summed E-state index contributed by atoms with van der Waals surface area (Å²) in [4.78, 5) is 1.11. The zero-order valence-electron chi connectivity index (χ0n) is 11.1. The number of rotatable bonds is 6. The van der Waals surface area contributed by atoms with Crippen LogP contribution in [-0.4, -0.2) is 20.3 Å². The van der Waals surface area contributed by atoms with Gasteiger partial charge >= 0.3 is 0 Å². The quantitative estimate of drug-likeness (QED) is 0.785. The Morgan fingerprint density at radius 2 is 2.11 bits per heavy atom. The highest BCUT2D eigenvalue weighted by molar-refractivity contribution is 9.09. The molecule has 1 heterocycles. The Labute approximate surface area is 128 Å². The molecule has 1 fully saturated rings. The van der Waals surface area contributed by atoms with Crippen LogP contribution in [0.5, 0.6) is 0 Å². The van der Waals surface area contributed by atoms with Crippen LogP contribution in [0.4, 0.5) is 0 Å². The van der Waals surface area contributed by atoms with Gasteiger partial charge < -0.3 is 0 Å². The molecule has 1 saturated carbocycles. The Kier molecular flexibility index (Phi) is 5.45. The largest absolute Gasteiger partial charge is 0.250 e. The maximum Gasteiger partial charge on any atom is 0.250 e. The van der Waals surface area contributed by atoms with E-state index in [1.54, 1.807) is 6.07 Å². The number of thiophene rings is 1. The molecule has 1 aliphatic carbocycles. The first-order valence-electron chi connectivity index (χ1n) is 6.71. The van der Waals surface area contributed by atoms with E-state index in [1.807, 2.05) is 13.0 Å². The Bertz CT molecular complexity index is 512. The van der Waals surface area contributed by atoms with Crippen molar-refractivity contribution in [2.45, 2.75) is 36.8 Å². The van der Waals surface area contributed by atoms with Crippen molar-refractivity contribution < 1.29 is 8.42 Å². The fourth-order valence-electron chi connectivity index (χ4n) is 2.57. The molecule has 3 nitrogen and oxygen atoms in total. The van der Waals surface area contributed by atoms with E-state index >= 15 is 0 Å². The lowest BCUT2D eigenvalue weighted by molar-refractivity contribution is 0.422. The zero-order chi connectivity index (χ0) is 13.9. The molecule has 0 saturated heterocycles. The van der Waals surface area contributed by atoms with Crippen molar-refractivity contribution in [3.05, 3.63) is 17.0 Å². The molecule has 0 bridgehead atoms. The summed E-state index contributed by atoms with van der Waals surface area (Å²) in [5.74, 6) is 1.08. The third-order valence-corrected chi connectivity index (χ3v) is 7.78. The molecule has 2 rings (SSSR count). The van der Waals surface area contributed by atoms with Gasteiger partial charge in [0.1, 0.15) is 4.21 Å². The highest BCUT2D eigenvalue weighted by Gasteiger charge is 2.28. The van der Waals surface area contributed by atoms with Gasteiger partial charge in [-0.25, -0.2) is 13.1 Å². The van der Waals surface area contributed by atoms with E-state index in [2.05, 4.69) is 20.7 Å². The second-order valence-corrected chi connectivity index (χ2v) is 8.84. The molecular weight excluding hydrogens is 346 g/mol. The molecule has 108 valence electrons. The number of nitrogens with one attached hydrogen (secondary N) is 1. The minimum absolute atomic E-state index is 0.442. The van der Waals surface area contributed by atoms with Gasteiger partial charge in [-0.3, -0.25) is 0 Å². The minimum Gasteiger partial charge on any atom is -0.210 e. The monoisotopic (exact) mass is 365 g/mol. The third-order valence-electron chi connectivity index (χ3n) is 3.80. The lowest BCUT2D eigenvalue weighted by Crippen LogP contribution is -2.30. The highest BCUT2D eigenvalue weighted by atomic mass is 79.9. The Hall–Kier alpha value is 0.0900. The van der Waals surface area contributed by atoms with Gasteiger partial charge in [0.15, 0.2) is 0 Å². The van der Waals surface area contributed by atoms with Crippen molar-refractivity contribution in [2.75, 3.05) is 11.9 Å². The average Bonchev–Trinajstić information content (AvgIpc) is 3.05. The predicted octanol–water partition coefficient (Wildman–Crippen LogP) is 3.40. The standard InChI is InChI=1S/C13H20BrNO2S2/c1-2-12-6-7-13(18-12)19(16,17)15-9-11-5-3-4-10(11)8-14/h6-7,10-11,15H,2-5,8-9H2,1H3. The number of aryl methyl sites for hydroxylation is 1. The summed E-state index contributed by atoms with van der Waals surface area (Å²) in [5, 5.41) is 0.971. The number of sulfonamides is 1. The van der Waals surface area contributed by atoms with Crippen LogP contribution in [0.25, 0.3) is 0 Å². The first kappa shape index (κ1) is 15.5. The van der Waals surface area contributed by atoms with Crippen LogP contribution in [-0.2, 0) is 16.4 Å². The van der Waals surface area contributed by atoms with Gasteiger partial charge in [-0.05, 0) is 43.2 Å². The van der Waals surface area contributed by atoms with Gasteiger partial charge in [-0.1, -0.05) is 29.3 Å². The number of alkyl halides is 1. The summed E-state index contributed by atoms with van der Waals surface area (Å²) >= 11 is 4.89. The van der Waals surface area contributed by atoms with Crippen LogP contribution in [0, 0.1) is 11.8 Å². The SMILES string of the molecule is CCc1ccc(S(=O)(=O)NCC2CCCC2CBr)s1. The van der Waals surface area contributed by atoms with Gasteiger partial charge in [0.25, 0.3) is 0 Å². The molecule has 0 amide bonds. The van der Waals surface area contributed by atoms with Gasteiger partial charge in [-0.15, -0.1) is 11.3 Å². The molecule has 2 atom stereocenters. The van der Waals surface area contributed by atoms with Gasteiger partial charge in [0.05, 0.1) is 0 Å². The van der Waals surface area contributed by atoms with Crippen LogP contribution in [0.1, 0.15) is 31.1 Å². The first-order valence-corrected chi connectivity index (χ1v) is 10.1. The van der Waals surface area contributed by atoms with Crippen LogP contribution >= 0.6 is 27.3 Å². The topological polar surface area (TPSA) is 46.2 Å². The van der Waals surface area contributed by atoms with Crippen molar-refractivity contribution in [3.63, 3.8) is 0 Å². The molecule has 2 unspecified atom stereocenters. The molecule has 0 aromatic carbocycles. The first-order chi connectivity index (χ1) is 9.06. The van der Waals surface area contributed by atoms with Crippen molar-refractivity contribution in [1.82, 2.24) is 4.72 Å². The molecule has 0 radical (unpaired) electrons. The van der Waals surface area contributed by atoms with Crippen LogP contribution < -0.4 is 4.72 Å². The molecule has 1 aliphatic rings. The lowest BCUT2D eigenvalue weighted by Gasteiger charge is -2.17. The van der Waals surface area contributed by atoms with Gasteiger partial charge in [-0.2, -0.15) is 0 Å². The molecule has 0 spiro atoms. The lowest BCUT2D eigenvalue weighted by atomic mass is 9.99. The summed E-state index contributed by atoms with van der Waals surface area (Å²) in [5.41, 5.74) is 0. The number of hydrogen-bond acceptors (Lipinski definition) is 3. The van der Waals surface area contributed by atoms with Gasteiger partial charge in [0, 0.05) is 16.8 Å². The zero-order valence-corrected chi connectivity index (χ0v) is 14.3. The normalized spacial score (nSPS) is 23.9. The number of halogens is 1. The van der Waals surface area contributed by atoms with E-state index in [0.29, 0.717) is 22.6 Å². The number of hydrogen-bond donors (Lipinski definition) is 1. The maximum absolute atomic E-state index is 12.2. The van der Waals surface area contributed by atoms with Crippen LogP contribution in [0.15, 0.2) is 16.3 Å². The second kappa shape index (κ2) is 6.70. The van der Waals surface area contributed by atoms with Crippen LogP contribution in [0.3, 0.4) is 0 Å². The molecule has 6 heteroatoms. The van der Waals surface area contributed by atoms with E-state index in [4.69, 9.17) is 0 Å². The van der Waals surface area contributed by atoms with E-state index < -0.39 is 10.0 Å². The third kappa shape index (κ3) is 3.80. The average molecular weight is 366 g/mol. The Morgan fingerprint density at radius 1 is 1.37 bits per heavy atom. The predicted molar refractivity (Wildman–Crippen MR) is 83.5 cm³/mol. The fraction of sp³-hybridized carbons (Fsp3) is 0.692. The molecule has 1 aromatic heterocycles. The highest BCUT2D eigenvalue weighted by Crippen LogP contribution is 2.33. The van der Waals surface area contributed by atoms with Crippen molar-refractivity contribution in [3.8, 4) is 0 Å². The van der Waals surface area contributed by atoms with Gasteiger partial charge in [0.2, 0.25) is 10.0 Å². The summed E-state index contributed by atoms with van der Waals surface area (Å²) in [6.45, 7) is 2.60. The summed E-state index contributed by atoms with van der Waals surface area (Å²) in [7, 11) is -3.32. The van der Waals surface area contributed by atoms with Crippen molar-refractivity contribution >= 4 is 37.3 Å². The van der Waals surface area contributed by atoms with E-state index in [1.165, 1.54) is 24.2 Å². The Morgan fingerprint density at radius 3 is 2.74 bits per heavy atom. The van der Waals surface area contributed by atoms with E-state index in [0.717, 1.165) is 23.0 Å². The second-order valence-electron chi connectivity index (χ2n) is 5.03. The molecule has 1 N–H and O–H groups in total. The summed E-state index contributed by atoms with van der Waals surface area (Å²) < 4.78 is 27.6.